The number of carbonyl (C=O) groups is 2. The van der Waals surface area contributed by atoms with Gasteiger partial charge in [0.15, 0.2) is 0 Å². The minimum atomic E-state index is -0.497. The van der Waals surface area contributed by atoms with Crippen LogP contribution in [-0.2, 0) is 4.79 Å². The second kappa shape index (κ2) is 8.86. The Hall–Kier alpha value is -3.46. The van der Waals surface area contributed by atoms with Crippen molar-refractivity contribution in [2.75, 3.05) is 18.4 Å². The smallest absolute Gasteiger partial charge is 0.319 e. The van der Waals surface area contributed by atoms with Crippen LogP contribution in [0, 0.1) is 12.3 Å². The molecule has 0 aliphatic carbocycles. The van der Waals surface area contributed by atoms with Crippen molar-refractivity contribution in [3.05, 3.63) is 54.6 Å². The molecular weight excluding hydrogens is 306 g/mol. The number of hydrogen-bond acceptors (Lipinski definition) is 3. The number of urea groups is 1. The average Bonchev–Trinajstić information content (AvgIpc) is 2.59. The van der Waals surface area contributed by atoms with Gasteiger partial charge >= 0.3 is 6.03 Å². The van der Waals surface area contributed by atoms with E-state index in [9.17, 15) is 9.59 Å². The monoisotopic (exact) mass is 323 g/mol. The number of amides is 3. The number of para-hydroxylation sites is 1. The van der Waals surface area contributed by atoms with Gasteiger partial charge in [-0.15, -0.1) is 6.42 Å². The zero-order valence-corrected chi connectivity index (χ0v) is 12.9. The number of nitrogens with one attached hydrogen (secondary N) is 3. The zero-order valence-electron chi connectivity index (χ0n) is 12.9. The lowest BCUT2D eigenvalue weighted by Crippen LogP contribution is -2.39. The van der Waals surface area contributed by atoms with Crippen molar-refractivity contribution in [1.29, 1.82) is 0 Å². The van der Waals surface area contributed by atoms with Gasteiger partial charge in [-0.25, -0.2) is 4.79 Å². The molecule has 0 saturated heterocycles. The molecule has 2 aromatic rings. The van der Waals surface area contributed by atoms with Crippen LogP contribution < -0.4 is 20.7 Å². The van der Waals surface area contributed by atoms with E-state index in [1.165, 1.54) is 0 Å². The summed E-state index contributed by atoms with van der Waals surface area (Å²) in [5.74, 6) is 3.21. The number of ether oxygens (including phenoxy) is 1. The molecule has 0 unspecified atom stereocenters. The van der Waals surface area contributed by atoms with E-state index in [-0.39, 0.29) is 19.0 Å². The van der Waals surface area contributed by atoms with Gasteiger partial charge in [0.2, 0.25) is 5.91 Å². The van der Waals surface area contributed by atoms with Crippen LogP contribution in [0.15, 0.2) is 54.6 Å². The summed E-state index contributed by atoms with van der Waals surface area (Å²) in [6.45, 7) is -0.0330. The maximum Gasteiger partial charge on any atom is 0.319 e. The number of rotatable bonds is 6. The Morgan fingerprint density at radius 1 is 1.00 bits per heavy atom. The van der Waals surface area contributed by atoms with Gasteiger partial charge < -0.3 is 20.7 Å². The van der Waals surface area contributed by atoms with Gasteiger partial charge in [0.1, 0.15) is 11.5 Å². The highest BCUT2D eigenvalue weighted by atomic mass is 16.5. The Morgan fingerprint density at radius 2 is 1.75 bits per heavy atom. The fraction of sp³-hybridized carbons (Fsp3) is 0.111. The molecule has 0 atom stereocenters. The standard InChI is InChI=1S/C18H17N3O3/c1-2-11-19-17(22)13-20-18(23)21-14-7-6-10-16(12-14)24-15-8-4-3-5-9-15/h1,3-10,12H,11,13H2,(H,19,22)(H2,20,21,23). The lowest BCUT2D eigenvalue weighted by Gasteiger charge is -2.10. The van der Waals surface area contributed by atoms with Gasteiger partial charge in [0.25, 0.3) is 0 Å². The average molecular weight is 323 g/mol. The number of carbonyl (C=O) groups excluding carboxylic acids is 2. The first-order valence-corrected chi connectivity index (χ1v) is 7.25. The molecule has 0 bridgehead atoms. The molecule has 0 saturated carbocycles. The van der Waals surface area contributed by atoms with Crippen LogP contribution in [0.4, 0.5) is 10.5 Å². The molecule has 0 aliphatic rings. The molecular formula is C18H17N3O3. The minimum absolute atomic E-state index is 0.126. The van der Waals surface area contributed by atoms with Crippen LogP contribution >= 0.6 is 0 Å². The third kappa shape index (κ3) is 5.73. The molecule has 0 heterocycles. The molecule has 0 radical (unpaired) electrons. The van der Waals surface area contributed by atoms with Gasteiger partial charge in [-0.1, -0.05) is 30.2 Å². The number of hydrogen-bond donors (Lipinski definition) is 3. The maximum atomic E-state index is 11.8. The molecule has 0 aliphatic heterocycles. The Morgan fingerprint density at radius 3 is 2.50 bits per heavy atom. The van der Waals surface area contributed by atoms with Gasteiger partial charge in [-0.3, -0.25) is 4.79 Å². The first kappa shape index (κ1) is 16.9. The number of anilines is 1. The van der Waals surface area contributed by atoms with E-state index in [1.54, 1.807) is 24.3 Å². The van der Waals surface area contributed by atoms with Crippen molar-refractivity contribution >= 4 is 17.6 Å². The van der Waals surface area contributed by atoms with Crippen LogP contribution in [0.1, 0.15) is 0 Å². The second-order valence-electron chi connectivity index (χ2n) is 4.73. The van der Waals surface area contributed by atoms with Crippen molar-refractivity contribution in [1.82, 2.24) is 10.6 Å². The summed E-state index contributed by atoms with van der Waals surface area (Å²) >= 11 is 0. The van der Waals surface area contributed by atoms with E-state index in [0.29, 0.717) is 17.2 Å². The predicted molar refractivity (Wildman–Crippen MR) is 91.8 cm³/mol. The van der Waals surface area contributed by atoms with Gasteiger partial charge in [0, 0.05) is 11.8 Å². The summed E-state index contributed by atoms with van der Waals surface area (Å²) in [7, 11) is 0. The third-order valence-corrected chi connectivity index (χ3v) is 2.87. The number of terminal acetylenes is 1. The lowest BCUT2D eigenvalue weighted by atomic mass is 10.3. The fourth-order valence-corrected chi connectivity index (χ4v) is 1.81. The fourth-order valence-electron chi connectivity index (χ4n) is 1.81. The Labute approximate surface area is 140 Å². The Bertz CT molecular complexity index is 739. The molecule has 3 amide bonds. The van der Waals surface area contributed by atoms with Gasteiger partial charge in [-0.2, -0.15) is 0 Å². The minimum Gasteiger partial charge on any atom is -0.457 e. The van der Waals surface area contributed by atoms with Crippen LogP contribution in [0.25, 0.3) is 0 Å². The normalized spacial score (nSPS) is 9.46. The lowest BCUT2D eigenvalue weighted by molar-refractivity contribution is -0.119. The van der Waals surface area contributed by atoms with Gasteiger partial charge in [-0.05, 0) is 24.3 Å². The first-order valence-electron chi connectivity index (χ1n) is 7.25. The quantitative estimate of drug-likeness (QED) is 0.714. The molecule has 6 nitrogen and oxygen atoms in total. The SMILES string of the molecule is C#CCNC(=O)CNC(=O)Nc1cccc(Oc2ccccc2)c1. The van der Waals surface area contributed by atoms with Crippen molar-refractivity contribution in [2.45, 2.75) is 0 Å². The van der Waals surface area contributed by atoms with Crippen LogP contribution in [0.2, 0.25) is 0 Å². The molecule has 6 heteroatoms. The molecule has 24 heavy (non-hydrogen) atoms. The van der Waals surface area contributed by atoms with Crippen molar-refractivity contribution in [2.24, 2.45) is 0 Å². The van der Waals surface area contributed by atoms with E-state index in [2.05, 4.69) is 21.9 Å². The maximum absolute atomic E-state index is 11.8. The molecule has 0 spiro atoms. The van der Waals surface area contributed by atoms with E-state index < -0.39 is 6.03 Å². The molecule has 0 fully saturated rings. The summed E-state index contributed by atoms with van der Waals surface area (Å²) in [5.41, 5.74) is 0.546. The summed E-state index contributed by atoms with van der Waals surface area (Å²) in [5, 5.41) is 7.52. The highest BCUT2D eigenvalue weighted by Crippen LogP contribution is 2.23. The van der Waals surface area contributed by atoms with E-state index in [0.717, 1.165) is 0 Å². The van der Waals surface area contributed by atoms with E-state index >= 15 is 0 Å². The summed E-state index contributed by atoms with van der Waals surface area (Å²) in [6, 6.07) is 15.8. The Kier molecular flexibility index (Phi) is 6.24. The predicted octanol–water partition coefficient (Wildman–Crippen LogP) is 2.35. The van der Waals surface area contributed by atoms with Crippen molar-refractivity contribution in [3.8, 4) is 23.8 Å². The molecule has 2 rings (SSSR count). The third-order valence-electron chi connectivity index (χ3n) is 2.87. The Balaban J connectivity index is 1.86. The number of benzene rings is 2. The highest BCUT2D eigenvalue weighted by Gasteiger charge is 2.06. The molecule has 0 aromatic heterocycles. The van der Waals surface area contributed by atoms with Gasteiger partial charge in [0.05, 0.1) is 13.1 Å². The van der Waals surface area contributed by atoms with Crippen molar-refractivity contribution in [3.63, 3.8) is 0 Å². The van der Waals surface area contributed by atoms with Crippen LogP contribution in [-0.4, -0.2) is 25.0 Å². The first-order chi connectivity index (χ1) is 11.7. The van der Waals surface area contributed by atoms with E-state index in [1.807, 2.05) is 30.3 Å². The second-order valence-corrected chi connectivity index (χ2v) is 4.73. The van der Waals surface area contributed by atoms with Crippen LogP contribution in [0.3, 0.4) is 0 Å². The molecule has 3 N–H and O–H groups in total. The summed E-state index contributed by atoms with van der Waals surface area (Å²) < 4.78 is 5.69. The van der Waals surface area contributed by atoms with Crippen LogP contribution in [0.5, 0.6) is 11.5 Å². The summed E-state index contributed by atoms with van der Waals surface area (Å²) in [6.07, 6.45) is 5.03. The largest absolute Gasteiger partial charge is 0.457 e. The van der Waals surface area contributed by atoms with Crippen molar-refractivity contribution < 1.29 is 14.3 Å². The topological polar surface area (TPSA) is 79.5 Å². The molecule has 122 valence electrons. The highest BCUT2D eigenvalue weighted by molar-refractivity contribution is 5.92. The zero-order chi connectivity index (χ0) is 17.2. The molecule has 2 aromatic carbocycles. The van der Waals surface area contributed by atoms with E-state index in [4.69, 9.17) is 11.2 Å². The summed E-state index contributed by atoms with van der Waals surface area (Å²) in [4.78, 5) is 23.1.